The molecule has 1 N–H and O–H groups in total. The fraction of sp³-hybridized carbons (Fsp3) is 1.00. The van der Waals surface area contributed by atoms with Crippen LogP contribution in [0.4, 0.5) is 0 Å². The van der Waals surface area contributed by atoms with Gasteiger partial charge in [-0.25, -0.2) is 0 Å². The summed E-state index contributed by atoms with van der Waals surface area (Å²) in [6.45, 7) is 6.60. The highest BCUT2D eigenvalue weighted by molar-refractivity contribution is 4.78. The van der Waals surface area contributed by atoms with Crippen LogP contribution in [0.2, 0.25) is 0 Å². The minimum atomic E-state index is -0.0486. The summed E-state index contributed by atoms with van der Waals surface area (Å²) >= 11 is 0. The van der Waals surface area contributed by atoms with Crippen LogP contribution in [0.25, 0.3) is 0 Å². The molecule has 0 saturated heterocycles. The van der Waals surface area contributed by atoms with E-state index in [1.807, 2.05) is 0 Å². The summed E-state index contributed by atoms with van der Waals surface area (Å²) in [7, 11) is 0. The van der Waals surface area contributed by atoms with Gasteiger partial charge in [0.1, 0.15) is 0 Å². The number of aliphatic hydroxyl groups is 1. The highest BCUT2D eigenvalue weighted by Gasteiger charge is 2.26. The van der Waals surface area contributed by atoms with E-state index in [0.29, 0.717) is 5.92 Å². The summed E-state index contributed by atoms with van der Waals surface area (Å²) in [5.74, 6) is 0.601. The average molecular weight is 170 g/mol. The lowest BCUT2D eigenvalue weighted by Crippen LogP contribution is -2.24. The molecule has 0 spiro atoms. The predicted octanol–water partition coefficient (Wildman–Crippen LogP) is 2.97. The third kappa shape index (κ3) is 3.14. The molecule has 1 aliphatic rings. The molecule has 0 bridgehead atoms. The van der Waals surface area contributed by atoms with Crippen LogP contribution in [0, 0.1) is 11.3 Å². The third-order valence-electron chi connectivity index (χ3n) is 2.77. The molecule has 1 rings (SSSR count). The van der Waals surface area contributed by atoms with Gasteiger partial charge in [0.05, 0.1) is 6.10 Å². The Kier molecular flexibility index (Phi) is 3.16. The zero-order valence-electron chi connectivity index (χ0n) is 8.64. The third-order valence-corrected chi connectivity index (χ3v) is 2.77. The maximum absolute atomic E-state index is 9.88. The van der Waals surface area contributed by atoms with Crippen LogP contribution in [0.5, 0.6) is 0 Å². The van der Waals surface area contributed by atoms with Crippen LogP contribution in [0.1, 0.15) is 52.9 Å². The van der Waals surface area contributed by atoms with Gasteiger partial charge >= 0.3 is 0 Å². The van der Waals surface area contributed by atoms with Crippen molar-refractivity contribution in [3.63, 3.8) is 0 Å². The highest BCUT2D eigenvalue weighted by Crippen LogP contribution is 2.33. The molecule has 1 fully saturated rings. The summed E-state index contributed by atoms with van der Waals surface area (Å²) in [6.07, 6.45) is 6.05. The van der Waals surface area contributed by atoms with E-state index in [4.69, 9.17) is 0 Å². The molecule has 0 aliphatic heterocycles. The van der Waals surface area contributed by atoms with Gasteiger partial charge in [-0.15, -0.1) is 0 Å². The Balaban J connectivity index is 2.31. The van der Waals surface area contributed by atoms with Gasteiger partial charge in [0.15, 0.2) is 0 Å². The zero-order valence-corrected chi connectivity index (χ0v) is 8.64. The lowest BCUT2D eigenvalue weighted by atomic mass is 9.84. The number of hydrogen-bond acceptors (Lipinski definition) is 1. The predicted molar refractivity (Wildman–Crippen MR) is 52.0 cm³/mol. The molecule has 1 nitrogen and oxygen atoms in total. The summed E-state index contributed by atoms with van der Waals surface area (Å²) in [4.78, 5) is 0. The summed E-state index contributed by atoms with van der Waals surface area (Å²) < 4.78 is 0. The molecular weight excluding hydrogens is 148 g/mol. The van der Waals surface area contributed by atoms with E-state index in [1.165, 1.54) is 25.7 Å². The Morgan fingerprint density at radius 1 is 1.25 bits per heavy atom. The quantitative estimate of drug-likeness (QED) is 0.675. The van der Waals surface area contributed by atoms with Crippen molar-refractivity contribution in [1.29, 1.82) is 0 Å². The summed E-state index contributed by atoms with van der Waals surface area (Å²) in [6, 6.07) is 0. The molecule has 1 saturated carbocycles. The van der Waals surface area contributed by atoms with Crippen LogP contribution in [0.15, 0.2) is 0 Å². The van der Waals surface area contributed by atoms with Crippen LogP contribution in [0.3, 0.4) is 0 Å². The Morgan fingerprint density at radius 2 is 1.75 bits per heavy atom. The molecule has 1 aliphatic carbocycles. The van der Waals surface area contributed by atoms with Crippen molar-refractivity contribution >= 4 is 0 Å². The normalized spacial score (nSPS) is 23.0. The van der Waals surface area contributed by atoms with Crippen LogP contribution < -0.4 is 0 Å². The standard InChI is InChI=1S/C11H22O/c1-11(2,3)8-10(12)9-6-4-5-7-9/h9-10,12H,4-8H2,1-3H3. The first-order valence-electron chi connectivity index (χ1n) is 5.17. The molecular formula is C11H22O. The average Bonchev–Trinajstić information content (AvgIpc) is 2.32. The minimum Gasteiger partial charge on any atom is -0.393 e. The number of rotatable bonds is 2. The van der Waals surface area contributed by atoms with Crippen molar-refractivity contribution in [1.82, 2.24) is 0 Å². The minimum absolute atomic E-state index is 0.0486. The number of aliphatic hydroxyl groups excluding tert-OH is 1. The maximum Gasteiger partial charge on any atom is 0.0573 e. The molecule has 0 aromatic heterocycles. The second kappa shape index (κ2) is 3.78. The van der Waals surface area contributed by atoms with E-state index in [-0.39, 0.29) is 11.5 Å². The second-order valence-electron chi connectivity index (χ2n) is 5.38. The van der Waals surface area contributed by atoms with E-state index < -0.39 is 0 Å². The second-order valence-corrected chi connectivity index (χ2v) is 5.38. The van der Waals surface area contributed by atoms with Gasteiger partial charge in [0.2, 0.25) is 0 Å². The van der Waals surface area contributed by atoms with Gasteiger partial charge in [0, 0.05) is 0 Å². The van der Waals surface area contributed by atoms with Crippen molar-refractivity contribution in [3.05, 3.63) is 0 Å². The topological polar surface area (TPSA) is 20.2 Å². The molecule has 1 atom stereocenters. The van der Waals surface area contributed by atoms with Gasteiger partial charge in [0.25, 0.3) is 0 Å². The number of hydrogen-bond donors (Lipinski definition) is 1. The van der Waals surface area contributed by atoms with Crippen molar-refractivity contribution in [2.45, 2.75) is 59.0 Å². The fourth-order valence-corrected chi connectivity index (χ4v) is 2.14. The molecule has 1 heteroatoms. The van der Waals surface area contributed by atoms with E-state index in [9.17, 15) is 5.11 Å². The Labute approximate surface area is 76.2 Å². The molecule has 12 heavy (non-hydrogen) atoms. The van der Waals surface area contributed by atoms with Crippen molar-refractivity contribution in [2.24, 2.45) is 11.3 Å². The SMILES string of the molecule is CC(C)(C)CC(O)C1CCCC1. The van der Waals surface area contributed by atoms with Gasteiger partial charge in [-0.3, -0.25) is 0 Å². The van der Waals surface area contributed by atoms with Gasteiger partial charge < -0.3 is 5.11 Å². The molecule has 0 amide bonds. The fourth-order valence-electron chi connectivity index (χ4n) is 2.14. The van der Waals surface area contributed by atoms with Crippen LogP contribution in [-0.2, 0) is 0 Å². The van der Waals surface area contributed by atoms with Crippen LogP contribution in [-0.4, -0.2) is 11.2 Å². The largest absolute Gasteiger partial charge is 0.393 e. The van der Waals surface area contributed by atoms with Crippen molar-refractivity contribution in [3.8, 4) is 0 Å². The molecule has 0 radical (unpaired) electrons. The molecule has 0 aromatic carbocycles. The first-order chi connectivity index (χ1) is 5.49. The first-order valence-corrected chi connectivity index (χ1v) is 5.17. The van der Waals surface area contributed by atoms with E-state index in [0.717, 1.165) is 6.42 Å². The summed E-state index contributed by atoms with van der Waals surface area (Å²) in [5, 5.41) is 9.88. The first kappa shape index (κ1) is 10.0. The van der Waals surface area contributed by atoms with Gasteiger partial charge in [-0.05, 0) is 30.6 Å². The smallest absolute Gasteiger partial charge is 0.0573 e. The van der Waals surface area contributed by atoms with E-state index in [1.54, 1.807) is 0 Å². The zero-order chi connectivity index (χ0) is 9.19. The Hall–Kier alpha value is -0.0400. The lowest BCUT2D eigenvalue weighted by molar-refractivity contribution is 0.0686. The molecule has 0 aromatic rings. The van der Waals surface area contributed by atoms with Gasteiger partial charge in [-0.2, -0.15) is 0 Å². The van der Waals surface area contributed by atoms with Gasteiger partial charge in [-0.1, -0.05) is 33.6 Å². The molecule has 72 valence electrons. The maximum atomic E-state index is 9.88. The van der Waals surface area contributed by atoms with E-state index in [2.05, 4.69) is 20.8 Å². The van der Waals surface area contributed by atoms with Crippen molar-refractivity contribution < 1.29 is 5.11 Å². The Bertz CT molecular complexity index is 128. The van der Waals surface area contributed by atoms with E-state index >= 15 is 0 Å². The highest BCUT2D eigenvalue weighted by atomic mass is 16.3. The lowest BCUT2D eigenvalue weighted by Gasteiger charge is -2.26. The Morgan fingerprint density at radius 3 is 2.17 bits per heavy atom. The molecule has 0 heterocycles. The van der Waals surface area contributed by atoms with Crippen LogP contribution >= 0.6 is 0 Å². The monoisotopic (exact) mass is 170 g/mol. The molecule has 1 unspecified atom stereocenters. The summed E-state index contributed by atoms with van der Waals surface area (Å²) in [5.41, 5.74) is 0.280. The van der Waals surface area contributed by atoms with Crippen molar-refractivity contribution in [2.75, 3.05) is 0 Å².